The van der Waals surface area contributed by atoms with Crippen molar-refractivity contribution in [3.05, 3.63) is 18.7 Å². The molecule has 0 aliphatic carbocycles. The standard InChI is InChI=1S/C5H6N6/c6-9-4-1-5-10-8-3-11(5)2-7-4/h1-3,9H,6H2. The normalized spacial score (nSPS) is 10.3. The van der Waals surface area contributed by atoms with E-state index in [-0.39, 0.29) is 0 Å². The summed E-state index contributed by atoms with van der Waals surface area (Å²) in [4.78, 5) is 3.94. The highest BCUT2D eigenvalue weighted by Crippen LogP contribution is 2.02. The molecule has 0 aliphatic heterocycles. The second-order valence-electron chi connectivity index (χ2n) is 2.01. The van der Waals surface area contributed by atoms with Crippen LogP contribution >= 0.6 is 0 Å². The van der Waals surface area contributed by atoms with Gasteiger partial charge in [0.05, 0.1) is 0 Å². The van der Waals surface area contributed by atoms with Crippen LogP contribution in [0.25, 0.3) is 5.65 Å². The molecule has 0 saturated carbocycles. The Balaban J connectivity index is 2.67. The van der Waals surface area contributed by atoms with E-state index in [1.165, 1.54) is 0 Å². The van der Waals surface area contributed by atoms with Gasteiger partial charge in [0.25, 0.3) is 0 Å². The zero-order valence-corrected chi connectivity index (χ0v) is 5.60. The maximum atomic E-state index is 5.14. The Morgan fingerprint density at radius 2 is 2.36 bits per heavy atom. The Morgan fingerprint density at radius 1 is 1.45 bits per heavy atom. The Kier molecular flexibility index (Phi) is 1.19. The Morgan fingerprint density at radius 3 is 3.18 bits per heavy atom. The maximum absolute atomic E-state index is 5.14. The molecule has 0 radical (unpaired) electrons. The topological polar surface area (TPSA) is 81.1 Å². The van der Waals surface area contributed by atoms with Gasteiger partial charge < -0.3 is 5.43 Å². The summed E-state index contributed by atoms with van der Waals surface area (Å²) >= 11 is 0. The minimum Gasteiger partial charge on any atom is -0.308 e. The van der Waals surface area contributed by atoms with Crippen LogP contribution in [0.4, 0.5) is 5.82 Å². The van der Waals surface area contributed by atoms with Crippen molar-refractivity contribution < 1.29 is 0 Å². The summed E-state index contributed by atoms with van der Waals surface area (Å²) in [5.41, 5.74) is 3.13. The molecule has 3 N–H and O–H groups in total. The summed E-state index contributed by atoms with van der Waals surface area (Å²) in [5.74, 6) is 5.71. The number of hydrazine groups is 1. The number of rotatable bonds is 1. The second-order valence-corrected chi connectivity index (χ2v) is 2.01. The SMILES string of the molecule is NNc1cc2nncn2cn1. The van der Waals surface area contributed by atoms with Gasteiger partial charge in [-0.05, 0) is 0 Å². The molecule has 0 amide bonds. The van der Waals surface area contributed by atoms with Crippen LogP contribution in [0.5, 0.6) is 0 Å². The van der Waals surface area contributed by atoms with Crippen LogP contribution in [0.2, 0.25) is 0 Å². The number of nitrogens with two attached hydrogens (primary N) is 1. The van der Waals surface area contributed by atoms with Gasteiger partial charge in [0, 0.05) is 6.07 Å². The highest BCUT2D eigenvalue weighted by atomic mass is 15.3. The third-order valence-electron chi connectivity index (χ3n) is 1.34. The fraction of sp³-hybridized carbons (Fsp3) is 0. The number of fused-ring (bicyclic) bond motifs is 1. The van der Waals surface area contributed by atoms with E-state index in [0.717, 1.165) is 0 Å². The molecule has 0 bridgehead atoms. The highest BCUT2D eigenvalue weighted by Gasteiger charge is 1.95. The molecule has 0 aromatic carbocycles. The van der Waals surface area contributed by atoms with Crippen LogP contribution in [0, 0.1) is 0 Å². The van der Waals surface area contributed by atoms with Crippen LogP contribution in [0.3, 0.4) is 0 Å². The minimum atomic E-state index is 0.575. The number of hydrogen-bond donors (Lipinski definition) is 2. The zero-order chi connectivity index (χ0) is 7.68. The Bertz CT molecular complexity index is 366. The molecule has 6 heteroatoms. The number of anilines is 1. The molecular weight excluding hydrogens is 144 g/mol. The summed E-state index contributed by atoms with van der Waals surface area (Å²) in [6.45, 7) is 0. The monoisotopic (exact) mass is 150 g/mol. The largest absolute Gasteiger partial charge is 0.308 e. The Labute approximate surface area is 62.0 Å². The Hall–Kier alpha value is -1.69. The van der Waals surface area contributed by atoms with E-state index in [2.05, 4.69) is 20.6 Å². The van der Waals surface area contributed by atoms with Crippen molar-refractivity contribution in [3.8, 4) is 0 Å². The number of nitrogens with one attached hydrogen (secondary N) is 1. The van der Waals surface area contributed by atoms with Crippen molar-refractivity contribution >= 4 is 11.5 Å². The zero-order valence-electron chi connectivity index (χ0n) is 5.60. The van der Waals surface area contributed by atoms with Gasteiger partial charge >= 0.3 is 0 Å². The van der Waals surface area contributed by atoms with Crippen molar-refractivity contribution in [2.24, 2.45) is 5.84 Å². The highest BCUT2D eigenvalue weighted by molar-refractivity contribution is 5.47. The lowest BCUT2D eigenvalue weighted by Gasteiger charge is -1.96. The molecular formula is C5H6N6. The summed E-state index contributed by atoms with van der Waals surface area (Å²) in [5, 5.41) is 7.49. The van der Waals surface area contributed by atoms with Crippen molar-refractivity contribution in [3.63, 3.8) is 0 Å². The first-order valence-electron chi connectivity index (χ1n) is 3.02. The van der Waals surface area contributed by atoms with E-state index in [1.807, 2.05) is 0 Å². The van der Waals surface area contributed by atoms with Gasteiger partial charge in [-0.1, -0.05) is 0 Å². The molecule has 56 valence electrons. The minimum absolute atomic E-state index is 0.575. The quantitative estimate of drug-likeness (QED) is 0.419. The molecule has 0 aliphatic rings. The van der Waals surface area contributed by atoms with E-state index in [4.69, 9.17) is 5.84 Å². The van der Waals surface area contributed by atoms with Crippen molar-refractivity contribution in [1.82, 2.24) is 19.6 Å². The van der Waals surface area contributed by atoms with Gasteiger partial charge in [-0.2, -0.15) is 0 Å². The molecule has 0 atom stereocenters. The first kappa shape index (κ1) is 6.05. The summed E-state index contributed by atoms with van der Waals surface area (Å²) in [6.07, 6.45) is 3.16. The number of nitrogen functional groups attached to an aromatic ring is 1. The average Bonchev–Trinajstić information content (AvgIpc) is 2.50. The van der Waals surface area contributed by atoms with Gasteiger partial charge in [-0.15, -0.1) is 10.2 Å². The van der Waals surface area contributed by atoms with Gasteiger partial charge in [0.1, 0.15) is 18.5 Å². The summed E-state index contributed by atoms with van der Waals surface area (Å²) < 4.78 is 1.70. The fourth-order valence-electron chi connectivity index (χ4n) is 0.807. The second kappa shape index (κ2) is 2.17. The predicted octanol–water partition coefficient (Wildman–Crippen LogP) is -0.590. The lowest BCUT2D eigenvalue weighted by atomic mass is 10.6. The summed E-state index contributed by atoms with van der Waals surface area (Å²) in [6, 6.07) is 1.70. The molecule has 0 unspecified atom stereocenters. The number of nitrogens with zero attached hydrogens (tertiary/aromatic N) is 4. The van der Waals surface area contributed by atoms with Gasteiger partial charge in [-0.3, -0.25) is 4.40 Å². The molecule has 2 rings (SSSR count). The van der Waals surface area contributed by atoms with Crippen molar-refractivity contribution in [1.29, 1.82) is 0 Å². The first-order chi connectivity index (χ1) is 5.40. The van der Waals surface area contributed by atoms with Gasteiger partial charge in [-0.25, -0.2) is 10.8 Å². The molecule has 0 spiro atoms. The van der Waals surface area contributed by atoms with E-state index < -0.39 is 0 Å². The molecule has 2 aromatic rings. The van der Waals surface area contributed by atoms with E-state index in [1.54, 1.807) is 23.1 Å². The maximum Gasteiger partial charge on any atom is 0.165 e. The molecule has 11 heavy (non-hydrogen) atoms. The lowest BCUT2D eigenvalue weighted by Crippen LogP contribution is -2.08. The van der Waals surface area contributed by atoms with Crippen LogP contribution in [-0.4, -0.2) is 19.6 Å². The molecule has 0 saturated heterocycles. The number of aromatic nitrogens is 4. The van der Waals surface area contributed by atoms with E-state index in [9.17, 15) is 0 Å². The third-order valence-corrected chi connectivity index (χ3v) is 1.34. The summed E-state index contributed by atoms with van der Waals surface area (Å²) in [7, 11) is 0. The lowest BCUT2D eigenvalue weighted by molar-refractivity contribution is 1.06. The van der Waals surface area contributed by atoms with Crippen LogP contribution in [0.15, 0.2) is 18.7 Å². The van der Waals surface area contributed by atoms with Gasteiger partial charge in [0.15, 0.2) is 5.65 Å². The van der Waals surface area contributed by atoms with Crippen LogP contribution in [0.1, 0.15) is 0 Å². The third kappa shape index (κ3) is 0.887. The van der Waals surface area contributed by atoms with Crippen LogP contribution < -0.4 is 11.3 Å². The molecule has 2 heterocycles. The molecule has 6 nitrogen and oxygen atoms in total. The van der Waals surface area contributed by atoms with Crippen LogP contribution in [-0.2, 0) is 0 Å². The first-order valence-corrected chi connectivity index (χ1v) is 3.02. The predicted molar refractivity (Wildman–Crippen MR) is 38.6 cm³/mol. The average molecular weight is 150 g/mol. The molecule has 0 fully saturated rings. The van der Waals surface area contributed by atoms with Crippen molar-refractivity contribution in [2.75, 3.05) is 5.43 Å². The van der Waals surface area contributed by atoms with Crippen molar-refractivity contribution in [2.45, 2.75) is 0 Å². The van der Waals surface area contributed by atoms with E-state index in [0.29, 0.717) is 11.5 Å². The number of hydrogen-bond acceptors (Lipinski definition) is 5. The van der Waals surface area contributed by atoms with E-state index >= 15 is 0 Å². The fourth-order valence-corrected chi connectivity index (χ4v) is 0.807. The van der Waals surface area contributed by atoms with Gasteiger partial charge in [0.2, 0.25) is 0 Å². The molecule has 2 aromatic heterocycles. The smallest absolute Gasteiger partial charge is 0.165 e.